The first-order valence-electron chi connectivity index (χ1n) is 12.2. The van der Waals surface area contributed by atoms with Crippen molar-refractivity contribution in [2.45, 2.75) is 51.6 Å². The molecule has 0 radical (unpaired) electrons. The minimum atomic E-state index is -0.576. The van der Waals surface area contributed by atoms with Crippen LogP contribution in [-0.4, -0.2) is 34.9 Å². The van der Waals surface area contributed by atoms with E-state index >= 15 is 0 Å². The van der Waals surface area contributed by atoms with E-state index in [-0.39, 0.29) is 11.7 Å². The highest BCUT2D eigenvalue weighted by Crippen LogP contribution is 2.36. The molecule has 0 spiro atoms. The van der Waals surface area contributed by atoms with Crippen LogP contribution in [0.5, 0.6) is 0 Å². The topological polar surface area (TPSA) is 71.2 Å². The molecular weight excluding hydrogens is 427 g/mol. The lowest BCUT2D eigenvalue weighted by Gasteiger charge is -2.39. The molecule has 5 nitrogen and oxygen atoms in total. The number of anilines is 1. The number of nitrogens with two attached hydrogens (primary N) is 1. The number of nitrogens with one attached hydrogen (secondary N) is 1. The van der Waals surface area contributed by atoms with Crippen LogP contribution in [0.2, 0.25) is 0 Å². The lowest BCUT2D eigenvalue weighted by Crippen LogP contribution is -2.38. The second-order valence-electron chi connectivity index (χ2n) is 9.60. The van der Waals surface area contributed by atoms with E-state index in [9.17, 15) is 9.18 Å². The number of carbonyl (C=O) groups is 1. The molecule has 1 saturated heterocycles. The molecule has 34 heavy (non-hydrogen) atoms. The van der Waals surface area contributed by atoms with Crippen LogP contribution in [0, 0.1) is 5.95 Å². The van der Waals surface area contributed by atoms with Crippen LogP contribution in [0.4, 0.5) is 10.2 Å². The van der Waals surface area contributed by atoms with E-state index in [0.717, 1.165) is 36.1 Å². The molecule has 3 heterocycles. The Labute approximate surface area is 200 Å². The number of rotatable bonds is 4. The summed E-state index contributed by atoms with van der Waals surface area (Å²) in [4.78, 5) is 18.7. The Bertz CT molecular complexity index is 1220. The van der Waals surface area contributed by atoms with E-state index in [1.807, 2.05) is 24.3 Å². The predicted octanol–water partition coefficient (Wildman–Crippen LogP) is 5.36. The van der Waals surface area contributed by atoms with Crippen LogP contribution in [0.3, 0.4) is 0 Å². The van der Waals surface area contributed by atoms with Gasteiger partial charge in [0.2, 0.25) is 5.95 Å². The number of amides is 1. The fourth-order valence-electron chi connectivity index (χ4n) is 5.35. The van der Waals surface area contributed by atoms with Gasteiger partial charge in [-0.2, -0.15) is 4.39 Å². The van der Waals surface area contributed by atoms with E-state index in [1.165, 1.54) is 18.4 Å². The summed E-state index contributed by atoms with van der Waals surface area (Å²) in [7, 11) is 0. The molecule has 1 aromatic heterocycles. The van der Waals surface area contributed by atoms with Gasteiger partial charge in [-0.1, -0.05) is 42.8 Å². The molecule has 1 atom stereocenters. The maximum Gasteiger partial charge on any atom is 0.251 e. The number of benzene rings is 2. The number of piperidine rings is 1. The molecule has 1 amide bonds. The van der Waals surface area contributed by atoms with Gasteiger partial charge in [0.25, 0.3) is 5.91 Å². The summed E-state index contributed by atoms with van der Waals surface area (Å²) >= 11 is 0. The van der Waals surface area contributed by atoms with Crippen molar-refractivity contribution in [3.63, 3.8) is 0 Å². The fraction of sp³-hybridized carbons (Fsp3) is 0.357. The Kier molecular flexibility index (Phi) is 6.09. The first-order chi connectivity index (χ1) is 16.4. The van der Waals surface area contributed by atoms with E-state index in [1.54, 1.807) is 12.1 Å². The average Bonchev–Trinajstić information content (AvgIpc) is 2.84. The standard InChI is InChI=1S/C28H31FN4O/c1-17(2)33-14-4-3-5-25(33)19-8-6-18(7-9-19)23-16-24(27(30)32-26(23)29)20-10-11-22-21(15-20)12-13-31-28(22)34/h6-11,15-17,25H,3-5,12-14H2,1-2H3,(H2,30,32)(H,31,34). The molecule has 5 rings (SSSR count). The van der Waals surface area contributed by atoms with Crippen molar-refractivity contribution >= 4 is 11.7 Å². The summed E-state index contributed by atoms with van der Waals surface area (Å²) in [6, 6.07) is 16.5. The molecule has 2 aliphatic heterocycles. The number of aromatic nitrogens is 1. The number of fused-ring (bicyclic) bond motifs is 1. The highest BCUT2D eigenvalue weighted by atomic mass is 19.1. The summed E-state index contributed by atoms with van der Waals surface area (Å²) in [5.74, 6) is -0.492. The minimum Gasteiger partial charge on any atom is -0.383 e. The lowest BCUT2D eigenvalue weighted by atomic mass is 9.92. The van der Waals surface area contributed by atoms with Gasteiger partial charge < -0.3 is 11.1 Å². The highest BCUT2D eigenvalue weighted by Gasteiger charge is 2.26. The van der Waals surface area contributed by atoms with Crippen LogP contribution in [0.1, 0.15) is 60.6 Å². The van der Waals surface area contributed by atoms with Gasteiger partial charge in [0.15, 0.2) is 0 Å². The monoisotopic (exact) mass is 458 g/mol. The number of nitrogens with zero attached hydrogens (tertiary/aromatic N) is 2. The van der Waals surface area contributed by atoms with E-state index < -0.39 is 5.95 Å². The molecule has 1 fully saturated rings. The van der Waals surface area contributed by atoms with Crippen molar-refractivity contribution < 1.29 is 9.18 Å². The molecule has 1 unspecified atom stereocenters. The van der Waals surface area contributed by atoms with Crippen molar-refractivity contribution in [3.05, 3.63) is 71.2 Å². The van der Waals surface area contributed by atoms with Crippen LogP contribution >= 0.6 is 0 Å². The number of pyridine rings is 1. The third kappa shape index (κ3) is 4.18. The molecule has 2 aromatic carbocycles. The maximum absolute atomic E-state index is 14.9. The second kappa shape index (κ2) is 9.18. The summed E-state index contributed by atoms with van der Waals surface area (Å²) in [5.41, 5.74) is 11.8. The number of hydrogen-bond acceptors (Lipinski definition) is 4. The minimum absolute atomic E-state index is 0.0622. The summed E-state index contributed by atoms with van der Waals surface area (Å²) in [6.07, 6.45) is 4.38. The molecule has 176 valence electrons. The van der Waals surface area contributed by atoms with E-state index in [2.05, 4.69) is 41.2 Å². The fourth-order valence-corrected chi connectivity index (χ4v) is 5.35. The molecule has 0 bridgehead atoms. The van der Waals surface area contributed by atoms with Crippen molar-refractivity contribution in [1.29, 1.82) is 0 Å². The van der Waals surface area contributed by atoms with Gasteiger partial charge in [-0.15, -0.1) is 0 Å². The number of halogens is 1. The lowest BCUT2D eigenvalue weighted by molar-refractivity contribution is 0.0946. The summed E-state index contributed by atoms with van der Waals surface area (Å²) in [5, 5.41) is 2.86. The van der Waals surface area contributed by atoms with Crippen LogP contribution in [0.15, 0.2) is 48.5 Å². The van der Waals surface area contributed by atoms with E-state index in [4.69, 9.17) is 5.73 Å². The highest BCUT2D eigenvalue weighted by molar-refractivity contribution is 5.97. The molecule has 2 aliphatic rings. The Hall–Kier alpha value is -3.25. The summed E-state index contributed by atoms with van der Waals surface area (Å²) in [6.45, 7) is 6.22. The van der Waals surface area contributed by atoms with Crippen LogP contribution in [0.25, 0.3) is 22.3 Å². The van der Waals surface area contributed by atoms with E-state index in [0.29, 0.717) is 35.3 Å². The number of nitrogen functional groups attached to an aromatic ring is 1. The Morgan fingerprint density at radius 2 is 1.79 bits per heavy atom. The third-order valence-electron chi connectivity index (χ3n) is 7.16. The van der Waals surface area contributed by atoms with Crippen LogP contribution < -0.4 is 11.1 Å². The SMILES string of the molecule is CC(C)N1CCCCC1c1ccc(-c2cc(-c3ccc4c(c3)CCNC4=O)c(N)nc2F)cc1. The van der Waals surface area contributed by atoms with Gasteiger partial charge >= 0.3 is 0 Å². The third-order valence-corrected chi connectivity index (χ3v) is 7.16. The van der Waals surface area contributed by atoms with Gasteiger partial charge in [0.1, 0.15) is 5.82 Å². The molecule has 0 saturated carbocycles. The predicted molar refractivity (Wildman–Crippen MR) is 134 cm³/mol. The van der Waals surface area contributed by atoms with Gasteiger partial charge in [0.05, 0.1) is 0 Å². The zero-order valence-electron chi connectivity index (χ0n) is 19.8. The summed E-state index contributed by atoms with van der Waals surface area (Å²) < 4.78 is 14.9. The largest absolute Gasteiger partial charge is 0.383 e. The molecule has 0 aliphatic carbocycles. The van der Waals surface area contributed by atoms with Crippen molar-refractivity contribution in [2.24, 2.45) is 0 Å². The Morgan fingerprint density at radius 1 is 1.03 bits per heavy atom. The second-order valence-corrected chi connectivity index (χ2v) is 9.60. The number of hydrogen-bond donors (Lipinski definition) is 2. The molecule has 6 heteroatoms. The molecular formula is C28H31FN4O. The van der Waals surface area contributed by atoms with Crippen molar-refractivity contribution in [3.8, 4) is 22.3 Å². The smallest absolute Gasteiger partial charge is 0.251 e. The van der Waals surface area contributed by atoms with Gasteiger partial charge in [0, 0.05) is 35.3 Å². The zero-order valence-corrected chi connectivity index (χ0v) is 19.8. The first-order valence-corrected chi connectivity index (χ1v) is 12.2. The Balaban J connectivity index is 1.48. The van der Waals surface area contributed by atoms with Crippen molar-refractivity contribution in [2.75, 3.05) is 18.8 Å². The molecule has 3 N–H and O–H groups in total. The van der Waals surface area contributed by atoms with Crippen LogP contribution in [-0.2, 0) is 6.42 Å². The number of carbonyl (C=O) groups excluding carboxylic acids is 1. The Morgan fingerprint density at radius 3 is 2.56 bits per heavy atom. The maximum atomic E-state index is 14.9. The van der Waals surface area contributed by atoms with Crippen molar-refractivity contribution in [1.82, 2.24) is 15.2 Å². The quantitative estimate of drug-likeness (QED) is 0.517. The normalized spacial score (nSPS) is 18.6. The zero-order chi connectivity index (χ0) is 23.8. The number of likely N-dealkylation sites (tertiary alicyclic amines) is 1. The first kappa shape index (κ1) is 22.5. The average molecular weight is 459 g/mol. The van der Waals surface area contributed by atoms with Gasteiger partial charge in [-0.3, -0.25) is 9.69 Å². The van der Waals surface area contributed by atoms with Gasteiger partial charge in [-0.25, -0.2) is 4.98 Å². The molecule has 3 aromatic rings. The van der Waals surface area contributed by atoms with Gasteiger partial charge in [-0.05, 0) is 74.0 Å².